The summed E-state index contributed by atoms with van der Waals surface area (Å²) in [5.41, 5.74) is 2.46. The second-order valence-electron chi connectivity index (χ2n) is 5.34. The Morgan fingerprint density at radius 3 is 2.79 bits per heavy atom. The van der Waals surface area contributed by atoms with Gasteiger partial charge in [0.15, 0.2) is 5.13 Å². The quantitative estimate of drug-likeness (QED) is 0.781. The normalized spacial score (nSPS) is 14.0. The van der Waals surface area contributed by atoms with Crippen LogP contribution in [0.1, 0.15) is 27.9 Å². The van der Waals surface area contributed by atoms with Crippen molar-refractivity contribution in [2.75, 3.05) is 18.1 Å². The maximum absolute atomic E-state index is 12.2. The summed E-state index contributed by atoms with van der Waals surface area (Å²) in [5, 5.41) is 0.479. The lowest BCUT2D eigenvalue weighted by atomic mass is 10.1. The highest BCUT2D eigenvalue weighted by molar-refractivity contribution is 7.17. The van der Waals surface area contributed by atoms with Gasteiger partial charge >= 0.3 is 12.0 Å². The molecule has 0 N–H and O–H groups in total. The molecule has 0 aliphatic carbocycles. The Labute approximate surface area is 143 Å². The van der Waals surface area contributed by atoms with E-state index in [0.29, 0.717) is 35.3 Å². The predicted octanol–water partition coefficient (Wildman–Crippen LogP) is 3.25. The molecular formula is C17H17N3O3S. The molecule has 1 aliphatic rings. The lowest BCUT2D eigenvalue weighted by Crippen LogP contribution is -2.26. The molecule has 0 fully saturated rings. The van der Waals surface area contributed by atoms with Gasteiger partial charge in [-0.3, -0.25) is 4.90 Å². The molecule has 2 aromatic rings. The summed E-state index contributed by atoms with van der Waals surface area (Å²) in [4.78, 5) is 34.5. The number of nitrogens with zero attached hydrogens (tertiary/aromatic N) is 3. The van der Waals surface area contributed by atoms with Crippen molar-refractivity contribution in [2.24, 2.45) is 4.99 Å². The van der Waals surface area contributed by atoms with Crippen molar-refractivity contribution in [3.05, 3.63) is 46.5 Å². The summed E-state index contributed by atoms with van der Waals surface area (Å²) in [6, 6.07) is 9.53. The van der Waals surface area contributed by atoms with E-state index in [1.807, 2.05) is 30.3 Å². The molecular weight excluding hydrogens is 326 g/mol. The third-order valence-corrected chi connectivity index (χ3v) is 4.71. The van der Waals surface area contributed by atoms with Crippen LogP contribution in [0.2, 0.25) is 0 Å². The van der Waals surface area contributed by atoms with Gasteiger partial charge in [0.2, 0.25) is 0 Å². The summed E-state index contributed by atoms with van der Waals surface area (Å²) in [7, 11) is 0. The van der Waals surface area contributed by atoms with Crippen LogP contribution in [0.3, 0.4) is 0 Å². The molecule has 0 saturated carbocycles. The van der Waals surface area contributed by atoms with Crippen molar-refractivity contribution < 1.29 is 14.3 Å². The minimum Gasteiger partial charge on any atom is -0.462 e. The van der Waals surface area contributed by atoms with Crippen LogP contribution in [0, 0.1) is 6.92 Å². The number of amides is 2. The van der Waals surface area contributed by atoms with Crippen molar-refractivity contribution in [3.8, 4) is 0 Å². The van der Waals surface area contributed by atoms with E-state index in [0.717, 1.165) is 22.6 Å². The molecule has 3 rings (SSSR count). The number of hydrogen-bond acceptors (Lipinski definition) is 5. The zero-order valence-corrected chi connectivity index (χ0v) is 14.3. The van der Waals surface area contributed by atoms with Crippen molar-refractivity contribution >= 4 is 34.2 Å². The van der Waals surface area contributed by atoms with Gasteiger partial charge in [-0.1, -0.05) is 41.7 Å². The van der Waals surface area contributed by atoms with Crippen molar-refractivity contribution in [1.29, 1.82) is 0 Å². The number of carbonyl (C=O) groups excluding carboxylic acids is 2. The fourth-order valence-electron chi connectivity index (χ4n) is 2.44. The van der Waals surface area contributed by atoms with E-state index < -0.39 is 5.97 Å². The van der Waals surface area contributed by atoms with Crippen LogP contribution in [0.4, 0.5) is 9.93 Å². The van der Waals surface area contributed by atoms with E-state index in [9.17, 15) is 9.59 Å². The van der Waals surface area contributed by atoms with Crippen LogP contribution >= 0.6 is 11.3 Å². The average Bonchev–Trinajstić information content (AvgIpc) is 3.11. The topological polar surface area (TPSA) is 71.9 Å². The van der Waals surface area contributed by atoms with E-state index in [1.54, 1.807) is 13.8 Å². The van der Waals surface area contributed by atoms with E-state index in [4.69, 9.17) is 4.74 Å². The van der Waals surface area contributed by atoms with Crippen LogP contribution in [0.25, 0.3) is 0 Å². The third-order valence-electron chi connectivity index (χ3n) is 3.55. The molecule has 1 aromatic heterocycles. The smallest absolute Gasteiger partial charge is 0.350 e. The predicted molar refractivity (Wildman–Crippen MR) is 93.1 cm³/mol. The molecule has 0 saturated heterocycles. The number of anilines is 1. The van der Waals surface area contributed by atoms with Crippen molar-refractivity contribution in [1.82, 2.24) is 4.98 Å². The molecule has 2 amide bonds. The first kappa shape index (κ1) is 16.3. The minimum atomic E-state index is -0.407. The second kappa shape index (κ2) is 6.92. The van der Waals surface area contributed by atoms with Crippen LogP contribution in [0.5, 0.6) is 0 Å². The zero-order valence-electron chi connectivity index (χ0n) is 13.5. The molecule has 24 heavy (non-hydrogen) atoms. The zero-order chi connectivity index (χ0) is 17.1. The van der Waals surface area contributed by atoms with Gasteiger partial charge in [-0.05, 0) is 19.4 Å². The molecule has 7 heteroatoms. The summed E-state index contributed by atoms with van der Waals surface area (Å²) in [6.07, 6.45) is 0.623. The summed E-state index contributed by atoms with van der Waals surface area (Å²) < 4.78 is 5.01. The Balaban J connectivity index is 1.74. The number of ether oxygens (including phenoxy) is 1. The number of carbonyl (C=O) groups is 2. The Morgan fingerprint density at radius 2 is 2.08 bits per heavy atom. The lowest BCUT2D eigenvalue weighted by Gasteiger charge is -2.10. The highest BCUT2D eigenvalue weighted by atomic mass is 32.1. The Kier molecular flexibility index (Phi) is 4.71. The van der Waals surface area contributed by atoms with Crippen molar-refractivity contribution in [2.45, 2.75) is 20.3 Å². The van der Waals surface area contributed by atoms with E-state index >= 15 is 0 Å². The van der Waals surface area contributed by atoms with E-state index in [-0.39, 0.29) is 6.03 Å². The van der Waals surface area contributed by atoms with Gasteiger partial charge in [0, 0.05) is 12.1 Å². The highest BCUT2D eigenvalue weighted by Crippen LogP contribution is 2.29. The molecule has 0 radical (unpaired) electrons. The SMILES string of the molecule is CCOC(=O)c1sc(N2CC(Cc3ccccc3)=NC2=O)nc1C. The first-order valence-electron chi connectivity index (χ1n) is 7.65. The molecule has 1 aromatic carbocycles. The number of esters is 1. The van der Waals surface area contributed by atoms with Gasteiger partial charge < -0.3 is 4.74 Å². The molecule has 1 aliphatic heterocycles. The Bertz CT molecular complexity index is 799. The number of aryl methyl sites for hydroxylation is 1. The van der Waals surface area contributed by atoms with E-state index in [1.165, 1.54) is 4.90 Å². The van der Waals surface area contributed by atoms with Gasteiger partial charge in [0.25, 0.3) is 0 Å². The average molecular weight is 343 g/mol. The van der Waals surface area contributed by atoms with E-state index in [2.05, 4.69) is 9.98 Å². The third kappa shape index (κ3) is 3.35. The largest absolute Gasteiger partial charge is 0.462 e. The Hall–Kier alpha value is -2.54. The minimum absolute atomic E-state index is 0.304. The first-order chi connectivity index (χ1) is 11.6. The molecule has 0 unspecified atom stereocenters. The standard InChI is InChI=1S/C17H17N3O3S/c1-3-23-15(21)14-11(2)18-17(24-14)20-10-13(19-16(20)22)9-12-7-5-4-6-8-12/h4-8H,3,9-10H2,1-2H3. The number of aliphatic imine (C=N–C) groups is 1. The second-order valence-corrected chi connectivity index (χ2v) is 6.32. The fraction of sp³-hybridized carbons (Fsp3) is 0.294. The number of urea groups is 1. The van der Waals surface area contributed by atoms with Crippen LogP contribution < -0.4 is 4.90 Å². The summed E-state index contributed by atoms with van der Waals surface area (Å²) >= 11 is 1.16. The highest BCUT2D eigenvalue weighted by Gasteiger charge is 2.29. The van der Waals surface area contributed by atoms with Crippen LogP contribution in [-0.2, 0) is 11.2 Å². The molecule has 0 bridgehead atoms. The van der Waals surface area contributed by atoms with Gasteiger partial charge in [-0.2, -0.15) is 0 Å². The number of benzene rings is 1. The molecule has 6 nitrogen and oxygen atoms in total. The molecule has 0 atom stereocenters. The van der Waals surface area contributed by atoms with Gasteiger partial charge in [0.1, 0.15) is 4.88 Å². The van der Waals surface area contributed by atoms with Crippen molar-refractivity contribution in [3.63, 3.8) is 0 Å². The van der Waals surface area contributed by atoms with Gasteiger partial charge in [-0.25, -0.2) is 19.6 Å². The Morgan fingerprint density at radius 1 is 1.33 bits per heavy atom. The number of hydrogen-bond donors (Lipinski definition) is 0. The summed E-state index contributed by atoms with van der Waals surface area (Å²) in [6.45, 7) is 4.18. The number of rotatable bonds is 5. The number of thiazole rings is 1. The summed E-state index contributed by atoms with van der Waals surface area (Å²) in [5.74, 6) is -0.407. The van der Waals surface area contributed by atoms with Gasteiger partial charge in [0.05, 0.1) is 18.8 Å². The monoisotopic (exact) mass is 343 g/mol. The van der Waals surface area contributed by atoms with Gasteiger partial charge in [-0.15, -0.1) is 0 Å². The molecule has 124 valence electrons. The fourth-order valence-corrected chi connectivity index (χ4v) is 3.39. The maximum atomic E-state index is 12.2. The maximum Gasteiger partial charge on any atom is 0.350 e. The molecule has 2 heterocycles. The van der Waals surface area contributed by atoms with Crippen LogP contribution in [0.15, 0.2) is 35.3 Å². The lowest BCUT2D eigenvalue weighted by molar-refractivity contribution is 0.0531. The molecule has 0 spiro atoms. The number of aromatic nitrogens is 1. The first-order valence-corrected chi connectivity index (χ1v) is 8.46. The van der Waals surface area contributed by atoms with Crippen LogP contribution in [-0.4, -0.2) is 35.8 Å².